The van der Waals surface area contributed by atoms with Gasteiger partial charge in [0.1, 0.15) is 18.0 Å². The first-order chi connectivity index (χ1) is 15.3. The molecule has 0 bridgehead atoms. The topological polar surface area (TPSA) is 61.8 Å². The Bertz CT molecular complexity index is 733. The summed E-state index contributed by atoms with van der Waals surface area (Å²) in [5.74, 6) is 0.102. The van der Waals surface area contributed by atoms with Crippen LogP contribution in [0.25, 0.3) is 0 Å². The molecule has 0 aromatic heterocycles. The molecular formula is C25H34F2O5. The highest BCUT2D eigenvalue weighted by Gasteiger charge is 2.27. The minimum absolute atomic E-state index is 0.182. The van der Waals surface area contributed by atoms with Crippen molar-refractivity contribution in [3.8, 4) is 5.75 Å². The second-order valence-electron chi connectivity index (χ2n) is 9.10. The number of hydrogen-bond donors (Lipinski definition) is 0. The molecule has 5 nitrogen and oxygen atoms in total. The fourth-order valence-electron chi connectivity index (χ4n) is 4.50. The van der Waals surface area contributed by atoms with Gasteiger partial charge in [-0.05, 0) is 94.7 Å². The third kappa shape index (κ3) is 7.17. The normalized spacial score (nSPS) is 27.8. The SMILES string of the molecule is C[C@@H](F)C(=O)O[C@H]1CC[C@H](COc2ccc([C@H]3CC[C@H](OC(=O)[C@@H](C)F)CC3)cc2)CC1. The van der Waals surface area contributed by atoms with E-state index in [1.807, 2.05) is 12.1 Å². The lowest BCUT2D eigenvalue weighted by Gasteiger charge is -2.29. The van der Waals surface area contributed by atoms with Crippen LogP contribution >= 0.6 is 0 Å². The van der Waals surface area contributed by atoms with E-state index in [1.165, 1.54) is 19.4 Å². The first-order valence-corrected chi connectivity index (χ1v) is 11.7. The van der Waals surface area contributed by atoms with E-state index in [1.54, 1.807) is 0 Å². The highest BCUT2D eigenvalue weighted by atomic mass is 19.1. The average molecular weight is 453 g/mol. The molecule has 1 aromatic carbocycles. The molecule has 2 saturated carbocycles. The van der Waals surface area contributed by atoms with Gasteiger partial charge in [0.25, 0.3) is 0 Å². The zero-order valence-electron chi connectivity index (χ0n) is 18.9. The molecule has 2 aliphatic carbocycles. The van der Waals surface area contributed by atoms with E-state index in [0.717, 1.165) is 57.1 Å². The molecule has 0 spiro atoms. The molecule has 0 radical (unpaired) electrons. The van der Waals surface area contributed by atoms with Crippen molar-refractivity contribution in [2.45, 2.75) is 95.7 Å². The maximum atomic E-state index is 13.0. The van der Waals surface area contributed by atoms with E-state index in [2.05, 4.69) is 12.1 Å². The molecule has 0 N–H and O–H groups in total. The van der Waals surface area contributed by atoms with Gasteiger partial charge >= 0.3 is 11.9 Å². The molecule has 0 aliphatic heterocycles. The van der Waals surface area contributed by atoms with Crippen molar-refractivity contribution in [1.29, 1.82) is 0 Å². The van der Waals surface area contributed by atoms with Crippen LogP contribution in [-0.2, 0) is 19.1 Å². The molecular weight excluding hydrogens is 418 g/mol. The lowest BCUT2D eigenvalue weighted by Crippen LogP contribution is -2.29. The summed E-state index contributed by atoms with van der Waals surface area (Å²) in [5.41, 5.74) is 1.24. The van der Waals surface area contributed by atoms with Gasteiger partial charge in [-0.15, -0.1) is 0 Å². The number of esters is 2. The lowest BCUT2D eigenvalue weighted by molar-refractivity contribution is -0.157. The largest absolute Gasteiger partial charge is 0.493 e. The predicted molar refractivity (Wildman–Crippen MR) is 116 cm³/mol. The van der Waals surface area contributed by atoms with Gasteiger partial charge in [-0.25, -0.2) is 18.4 Å². The van der Waals surface area contributed by atoms with Crippen molar-refractivity contribution in [1.82, 2.24) is 0 Å². The average Bonchev–Trinajstić information content (AvgIpc) is 2.79. The first kappa shape index (κ1) is 24.5. The van der Waals surface area contributed by atoms with Crippen molar-refractivity contribution < 1.29 is 32.6 Å². The lowest BCUT2D eigenvalue weighted by atomic mass is 9.83. The van der Waals surface area contributed by atoms with Crippen LogP contribution < -0.4 is 4.74 Å². The van der Waals surface area contributed by atoms with Crippen LogP contribution in [-0.4, -0.2) is 43.1 Å². The van der Waals surface area contributed by atoms with Gasteiger partial charge in [0.05, 0.1) is 6.61 Å². The molecule has 2 aliphatic rings. The summed E-state index contributed by atoms with van der Waals surface area (Å²) in [7, 11) is 0. The highest BCUT2D eigenvalue weighted by Crippen LogP contribution is 2.35. The summed E-state index contributed by atoms with van der Waals surface area (Å²) in [6, 6.07) is 8.15. The Hall–Kier alpha value is -2.18. The van der Waals surface area contributed by atoms with Gasteiger partial charge in [-0.2, -0.15) is 0 Å². The van der Waals surface area contributed by atoms with Crippen LogP contribution in [0.5, 0.6) is 5.75 Å². The Kier molecular flexibility index (Phi) is 8.88. The Labute approximate surface area is 188 Å². The van der Waals surface area contributed by atoms with Crippen LogP contribution in [0.4, 0.5) is 8.78 Å². The number of halogens is 2. The number of rotatable bonds is 8. The monoisotopic (exact) mass is 452 g/mol. The molecule has 2 atom stereocenters. The minimum Gasteiger partial charge on any atom is -0.493 e. The number of benzene rings is 1. The second kappa shape index (κ2) is 11.6. The molecule has 7 heteroatoms. The van der Waals surface area contributed by atoms with Gasteiger partial charge in [0.15, 0.2) is 12.3 Å². The van der Waals surface area contributed by atoms with Crippen molar-refractivity contribution in [3.05, 3.63) is 29.8 Å². The smallest absolute Gasteiger partial charge is 0.340 e. The summed E-state index contributed by atoms with van der Waals surface area (Å²) in [6.45, 7) is 3.02. The van der Waals surface area contributed by atoms with E-state index in [4.69, 9.17) is 14.2 Å². The summed E-state index contributed by atoms with van der Waals surface area (Å²) in [5, 5.41) is 0. The first-order valence-electron chi connectivity index (χ1n) is 11.7. The predicted octanol–water partition coefficient (Wildman–Crippen LogP) is 5.45. The standard InChI is InChI=1S/C25H34F2O5/c1-16(26)24(28)31-22-9-3-18(4-10-22)15-30-21-11-5-19(6-12-21)20-7-13-23(14-8-20)32-25(29)17(2)27/h5-6,11-12,16-18,20,22-23H,3-4,7-10,13-15H2,1-2H3/t16-,17-,18-,20-,22-,23-/m1/s1. The molecule has 0 unspecified atom stereocenters. The quantitative estimate of drug-likeness (QED) is 0.491. The maximum Gasteiger partial charge on any atom is 0.340 e. The van der Waals surface area contributed by atoms with Crippen molar-refractivity contribution in [2.24, 2.45) is 5.92 Å². The van der Waals surface area contributed by atoms with Gasteiger partial charge in [0.2, 0.25) is 0 Å². The zero-order valence-corrected chi connectivity index (χ0v) is 18.9. The fraction of sp³-hybridized carbons (Fsp3) is 0.680. The number of carbonyl (C=O) groups is 2. The van der Waals surface area contributed by atoms with Gasteiger partial charge in [-0.1, -0.05) is 12.1 Å². The third-order valence-electron chi connectivity index (χ3n) is 6.52. The molecule has 0 amide bonds. The molecule has 1 aromatic rings. The second-order valence-corrected chi connectivity index (χ2v) is 9.10. The zero-order chi connectivity index (χ0) is 23.1. The Morgan fingerprint density at radius 1 is 0.812 bits per heavy atom. The Balaban J connectivity index is 1.37. The summed E-state index contributed by atoms with van der Waals surface area (Å²) in [4.78, 5) is 22.8. The molecule has 0 saturated heterocycles. The van der Waals surface area contributed by atoms with E-state index >= 15 is 0 Å². The number of hydrogen-bond acceptors (Lipinski definition) is 5. The number of carbonyl (C=O) groups excluding carboxylic acids is 2. The van der Waals surface area contributed by atoms with Crippen LogP contribution in [0.2, 0.25) is 0 Å². The van der Waals surface area contributed by atoms with Gasteiger partial charge in [-0.3, -0.25) is 0 Å². The fourth-order valence-corrected chi connectivity index (χ4v) is 4.50. The molecule has 0 heterocycles. The highest BCUT2D eigenvalue weighted by molar-refractivity contribution is 5.74. The molecule has 2 fully saturated rings. The van der Waals surface area contributed by atoms with E-state index in [9.17, 15) is 18.4 Å². The van der Waals surface area contributed by atoms with E-state index < -0.39 is 24.3 Å². The minimum atomic E-state index is -1.57. The molecule has 178 valence electrons. The summed E-state index contributed by atoms with van der Waals surface area (Å²) < 4.78 is 42.3. The van der Waals surface area contributed by atoms with E-state index in [-0.39, 0.29) is 12.2 Å². The maximum absolute atomic E-state index is 13.0. The molecule has 3 rings (SSSR count). The van der Waals surface area contributed by atoms with Crippen molar-refractivity contribution >= 4 is 11.9 Å². The van der Waals surface area contributed by atoms with Crippen LogP contribution in [0.15, 0.2) is 24.3 Å². The number of ether oxygens (including phenoxy) is 3. The van der Waals surface area contributed by atoms with Crippen LogP contribution in [0, 0.1) is 5.92 Å². The van der Waals surface area contributed by atoms with Crippen molar-refractivity contribution in [2.75, 3.05) is 6.61 Å². The van der Waals surface area contributed by atoms with Crippen molar-refractivity contribution in [3.63, 3.8) is 0 Å². The van der Waals surface area contributed by atoms with Gasteiger partial charge < -0.3 is 14.2 Å². The molecule has 32 heavy (non-hydrogen) atoms. The van der Waals surface area contributed by atoms with Gasteiger partial charge in [0, 0.05) is 0 Å². The summed E-state index contributed by atoms with van der Waals surface area (Å²) in [6.07, 6.45) is 3.09. The van der Waals surface area contributed by atoms with Crippen LogP contribution in [0.1, 0.15) is 76.7 Å². The Morgan fingerprint density at radius 3 is 1.75 bits per heavy atom. The third-order valence-corrected chi connectivity index (χ3v) is 6.52. The van der Waals surface area contributed by atoms with E-state index in [0.29, 0.717) is 18.4 Å². The Morgan fingerprint density at radius 2 is 1.28 bits per heavy atom. The summed E-state index contributed by atoms with van der Waals surface area (Å²) >= 11 is 0. The van der Waals surface area contributed by atoms with Crippen LogP contribution in [0.3, 0.4) is 0 Å². The number of alkyl halides is 2.